The second kappa shape index (κ2) is 5.39. The van der Waals surface area contributed by atoms with Gasteiger partial charge in [0.1, 0.15) is 5.75 Å². The van der Waals surface area contributed by atoms with Crippen LogP contribution in [0.25, 0.3) is 0 Å². The molecule has 0 amide bonds. The van der Waals surface area contributed by atoms with Crippen LogP contribution in [0.5, 0.6) is 5.75 Å². The molecule has 1 aromatic carbocycles. The fraction of sp³-hybridized carbons (Fsp3) is 0.600. The van der Waals surface area contributed by atoms with E-state index in [1.54, 1.807) is 7.11 Å². The molecule has 0 unspecified atom stereocenters. The normalized spacial score (nSPS) is 16.9. The first kappa shape index (κ1) is 14.2. The van der Waals surface area contributed by atoms with Crippen molar-refractivity contribution in [3.05, 3.63) is 23.3 Å². The van der Waals surface area contributed by atoms with Crippen molar-refractivity contribution < 1.29 is 14.6 Å². The minimum Gasteiger partial charge on any atom is -0.496 e. The molecule has 1 aliphatic rings. The van der Waals surface area contributed by atoms with Crippen molar-refractivity contribution in [1.82, 2.24) is 0 Å². The second-order valence-corrected chi connectivity index (χ2v) is 5.62. The Kier molecular flexibility index (Phi) is 4.02. The van der Waals surface area contributed by atoms with Crippen LogP contribution in [0.1, 0.15) is 11.1 Å². The summed E-state index contributed by atoms with van der Waals surface area (Å²) in [6.45, 7) is 6.36. The Morgan fingerprint density at radius 3 is 2.26 bits per heavy atom. The molecule has 4 heteroatoms. The maximum absolute atomic E-state index is 9.50. The molecule has 1 fully saturated rings. The van der Waals surface area contributed by atoms with Gasteiger partial charge in [0.15, 0.2) is 0 Å². The first-order chi connectivity index (χ1) is 9.01. The molecule has 1 saturated heterocycles. The van der Waals surface area contributed by atoms with E-state index < -0.39 is 0 Å². The number of ether oxygens (including phenoxy) is 2. The van der Waals surface area contributed by atoms with Gasteiger partial charge in [0, 0.05) is 19.3 Å². The zero-order chi connectivity index (χ0) is 14.0. The minimum atomic E-state index is -0.101. The van der Waals surface area contributed by atoms with E-state index in [9.17, 15) is 5.11 Å². The summed E-state index contributed by atoms with van der Waals surface area (Å²) in [4.78, 5) is 2.18. The first-order valence-corrected chi connectivity index (χ1v) is 6.56. The summed E-state index contributed by atoms with van der Waals surface area (Å²) in [6, 6.07) is 4.24. The highest BCUT2D eigenvalue weighted by molar-refractivity contribution is 5.56. The number of hydrogen-bond donors (Lipinski definition) is 1. The number of methoxy groups -OCH3 is 1. The van der Waals surface area contributed by atoms with E-state index in [4.69, 9.17) is 9.47 Å². The quantitative estimate of drug-likeness (QED) is 0.881. The Labute approximate surface area is 114 Å². The van der Waals surface area contributed by atoms with Crippen LogP contribution in [0.15, 0.2) is 12.1 Å². The molecule has 0 bridgehead atoms. The number of aliphatic hydroxyl groups excluding tert-OH is 1. The van der Waals surface area contributed by atoms with Crippen molar-refractivity contribution in [1.29, 1.82) is 0 Å². The number of anilines is 1. The SMILES string of the molecule is COc1c(C)cc(N(C)CC2(CO)COC2)cc1C. The van der Waals surface area contributed by atoms with E-state index >= 15 is 0 Å². The third-order valence-corrected chi connectivity index (χ3v) is 3.81. The van der Waals surface area contributed by atoms with Crippen molar-refractivity contribution >= 4 is 5.69 Å². The zero-order valence-corrected chi connectivity index (χ0v) is 12.2. The standard InChI is InChI=1S/C15H23NO3/c1-11-5-13(6-12(2)14(11)18-4)16(3)7-15(8-17)9-19-10-15/h5-6,17H,7-10H2,1-4H3. The monoisotopic (exact) mass is 265 g/mol. The first-order valence-electron chi connectivity index (χ1n) is 6.56. The molecule has 4 nitrogen and oxygen atoms in total. The third-order valence-electron chi connectivity index (χ3n) is 3.81. The molecular formula is C15H23NO3. The fourth-order valence-electron chi connectivity index (χ4n) is 2.69. The third kappa shape index (κ3) is 2.69. The predicted octanol–water partition coefficient (Wildman–Crippen LogP) is 1.76. The van der Waals surface area contributed by atoms with Gasteiger partial charge in [0.05, 0.1) is 32.3 Å². The molecule has 2 rings (SSSR count). The van der Waals surface area contributed by atoms with Crippen molar-refractivity contribution in [2.45, 2.75) is 13.8 Å². The highest BCUT2D eigenvalue weighted by Gasteiger charge is 2.39. The largest absolute Gasteiger partial charge is 0.496 e. The van der Waals surface area contributed by atoms with E-state index in [1.165, 1.54) is 0 Å². The van der Waals surface area contributed by atoms with Crippen LogP contribution < -0.4 is 9.64 Å². The van der Waals surface area contributed by atoms with Crippen molar-refractivity contribution in [3.63, 3.8) is 0 Å². The summed E-state index contributed by atoms with van der Waals surface area (Å²) in [5, 5.41) is 9.50. The lowest BCUT2D eigenvalue weighted by Gasteiger charge is -2.43. The Hall–Kier alpha value is -1.26. The Balaban J connectivity index is 2.17. The van der Waals surface area contributed by atoms with Crippen LogP contribution in [-0.2, 0) is 4.74 Å². The number of hydrogen-bond acceptors (Lipinski definition) is 4. The molecule has 19 heavy (non-hydrogen) atoms. The van der Waals surface area contributed by atoms with Crippen LogP contribution >= 0.6 is 0 Å². The van der Waals surface area contributed by atoms with Crippen LogP contribution in [0.2, 0.25) is 0 Å². The smallest absolute Gasteiger partial charge is 0.124 e. The molecule has 0 aromatic heterocycles. The lowest BCUT2D eigenvalue weighted by Crippen LogP contribution is -2.52. The molecule has 106 valence electrons. The molecule has 1 aromatic rings. The number of aliphatic hydroxyl groups is 1. The topological polar surface area (TPSA) is 41.9 Å². The van der Waals surface area contributed by atoms with E-state index in [-0.39, 0.29) is 12.0 Å². The molecule has 1 aliphatic heterocycles. The number of rotatable bonds is 5. The fourth-order valence-corrected chi connectivity index (χ4v) is 2.69. The summed E-state index contributed by atoms with van der Waals surface area (Å²) in [5.41, 5.74) is 3.31. The average molecular weight is 265 g/mol. The summed E-state index contributed by atoms with van der Waals surface area (Å²) >= 11 is 0. The van der Waals surface area contributed by atoms with Gasteiger partial charge in [-0.2, -0.15) is 0 Å². The van der Waals surface area contributed by atoms with Crippen LogP contribution in [0, 0.1) is 19.3 Å². The van der Waals surface area contributed by atoms with E-state index in [1.807, 2.05) is 0 Å². The lowest BCUT2D eigenvalue weighted by molar-refractivity contribution is -0.130. The Bertz CT molecular complexity index is 426. The number of nitrogens with zero attached hydrogens (tertiary/aromatic N) is 1. The van der Waals surface area contributed by atoms with E-state index in [2.05, 4.69) is 37.9 Å². The van der Waals surface area contributed by atoms with E-state index in [0.29, 0.717) is 13.2 Å². The van der Waals surface area contributed by atoms with Gasteiger partial charge in [-0.15, -0.1) is 0 Å². The van der Waals surface area contributed by atoms with Crippen molar-refractivity contribution in [2.24, 2.45) is 5.41 Å². The lowest BCUT2D eigenvalue weighted by atomic mass is 9.86. The van der Waals surface area contributed by atoms with Gasteiger partial charge < -0.3 is 19.5 Å². The second-order valence-electron chi connectivity index (χ2n) is 5.62. The van der Waals surface area contributed by atoms with Gasteiger partial charge >= 0.3 is 0 Å². The zero-order valence-electron chi connectivity index (χ0n) is 12.2. The van der Waals surface area contributed by atoms with Crippen LogP contribution in [0.4, 0.5) is 5.69 Å². The molecule has 0 atom stereocenters. The van der Waals surface area contributed by atoms with Gasteiger partial charge in [-0.05, 0) is 37.1 Å². The summed E-state index contributed by atoms with van der Waals surface area (Å²) in [5.74, 6) is 0.945. The molecule has 1 N–H and O–H groups in total. The Morgan fingerprint density at radius 1 is 1.32 bits per heavy atom. The van der Waals surface area contributed by atoms with Gasteiger partial charge in [-0.3, -0.25) is 0 Å². The minimum absolute atomic E-state index is 0.101. The summed E-state index contributed by atoms with van der Waals surface area (Å²) in [7, 11) is 3.75. The van der Waals surface area contributed by atoms with Crippen LogP contribution in [0.3, 0.4) is 0 Å². The summed E-state index contributed by atoms with van der Waals surface area (Å²) in [6.07, 6.45) is 0. The Morgan fingerprint density at radius 2 is 1.89 bits per heavy atom. The molecule has 0 aliphatic carbocycles. The highest BCUT2D eigenvalue weighted by Crippen LogP contribution is 2.32. The van der Waals surface area contributed by atoms with Gasteiger partial charge in [-0.25, -0.2) is 0 Å². The molecule has 0 radical (unpaired) electrons. The average Bonchev–Trinajstić information content (AvgIpc) is 2.33. The predicted molar refractivity (Wildman–Crippen MR) is 76.1 cm³/mol. The van der Waals surface area contributed by atoms with Crippen molar-refractivity contribution in [3.8, 4) is 5.75 Å². The van der Waals surface area contributed by atoms with Gasteiger partial charge in [0.2, 0.25) is 0 Å². The maximum atomic E-state index is 9.50. The highest BCUT2D eigenvalue weighted by atomic mass is 16.5. The van der Waals surface area contributed by atoms with Crippen LogP contribution in [-0.4, -0.2) is 45.6 Å². The van der Waals surface area contributed by atoms with Gasteiger partial charge in [-0.1, -0.05) is 0 Å². The maximum Gasteiger partial charge on any atom is 0.124 e. The van der Waals surface area contributed by atoms with Crippen molar-refractivity contribution in [2.75, 3.05) is 45.4 Å². The number of aryl methyl sites for hydroxylation is 2. The molecule has 0 spiro atoms. The molecule has 0 saturated carbocycles. The molecule has 1 heterocycles. The van der Waals surface area contributed by atoms with E-state index in [0.717, 1.165) is 29.1 Å². The number of benzene rings is 1. The van der Waals surface area contributed by atoms with Gasteiger partial charge in [0.25, 0.3) is 0 Å². The molecular weight excluding hydrogens is 242 g/mol. The summed E-state index contributed by atoms with van der Waals surface area (Å²) < 4.78 is 10.6.